The maximum atomic E-state index is 13.3. The van der Waals surface area contributed by atoms with Gasteiger partial charge in [0, 0.05) is 26.2 Å². The van der Waals surface area contributed by atoms with Gasteiger partial charge in [-0.1, -0.05) is 65.1 Å². The van der Waals surface area contributed by atoms with Crippen LogP contribution < -0.4 is 4.74 Å². The van der Waals surface area contributed by atoms with Gasteiger partial charge in [0.25, 0.3) is 11.1 Å². The van der Waals surface area contributed by atoms with Crippen molar-refractivity contribution < 1.29 is 18.7 Å². The number of thioether (sulfide) groups is 1. The van der Waals surface area contributed by atoms with Crippen molar-refractivity contribution in [2.24, 2.45) is 0 Å². The number of carbonyl (C=O) groups is 2. The Labute approximate surface area is 208 Å². The molecule has 0 radical (unpaired) electrons. The molecule has 0 atom stereocenters. The van der Waals surface area contributed by atoms with Gasteiger partial charge < -0.3 is 4.74 Å². The lowest BCUT2D eigenvalue weighted by Crippen LogP contribution is -2.27. The quantitative estimate of drug-likeness (QED) is 0.313. The zero-order valence-electron chi connectivity index (χ0n) is 16.9. The largest absolute Gasteiger partial charge is 0.488 e. The molecular weight excluding hydrogens is 508 g/mol. The molecule has 1 fully saturated rings. The van der Waals surface area contributed by atoms with Gasteiger partial charge in [0.1, 0.15) is 18.2 Å². The van der Waals surface area contributed by atoms with E-state index in [2.05, 4.69) is 0 Å². The highest BCUT2D eigenvalue weighted by Gasteiger charge is 2.35. The molecule has 0 bridgehead atoms. The van der Waals surface area contributed by atoms with E-state index in [4.69, 9.17) is 39.5 Å². The van der Waals surface area contributed by atoms with Gasteiger partial charge in [-0.05, 0) is 53.7 Å². The lowest BCUT2D eigenvalue weighted by Gasteiger charge is -2.13. The fourth-order valence-electron chi connectivity index (χ4n) is 3.12. The molecule has 0 aromatic heterocycles. The molecule has 9 heteroatoms. The van der Waals surface area contributed by atoms with Gasteiger partial charge in [0.15, 0.2) is 0 Å². The van der Waals surface area contributed by atoms with Crippen molar-refractivity contribution in [3.8, 4) is 5.75 Å². The monoisotopic (exact) mass is 521 g/mol. The van der Waals surface area contributed by atoms with Crippen molar-refractivity contribution >= 4 is 63.8 Å². The summed E-state index contributed by atoms with van der Waals surface area (Å²) < 4.78 is 19.2. The van der Waals surface area contributed by atoms with Crippen molar-refractivity contribution in [3.05, 3.63) is 103 Å². The molecule has 1 aliphatic rings. The Kier molecular flexibility index (Phi) is 7.29. The summed E-state index contributed by atoms with van der Waals surface area (Å²) in [5, 5.41) is 0.734. The average Bonchev–Trinajstić information content (AvgIpc) is 3.03. The topological polar surface area (TPSA) is 46.6 Å². The molecule has 0 saturated carbocycles. The van der Waals surface area contributed by atoms with Crippen molar-refractivity contribution in [1.82, 2.24) is 4.90 Å². The molecule has 4 nitrogen and oxygen atoms in total. The Balaban J connectivity index is 1.53. The molecule has 3 aromatic rings. The minimum Gasteiger partial charge on any atom is -0.488 e. The first-order chi connectivity index (χ1) is 15.8. The van der Waals surface area contributed by atoms with E-state index < -0.39 is 17.0 Å². The van der Waals surface area contributed by atoms with Crippen LogP contribution in [-0.4, -0.2) is 16.0 Å². The first-order valence-corrected chi connectivity index (χ1v) is 11.6. The number of hydrogen-bond acceptors (Lipinski definition) is 4. The predicted octanol–water partition coefficient (Wildman–Crippen LogP) is 7.60. The molecule has 168 valence electrons. The maximum absolute atomic E-state index is 13.3. The van der Waals surface area contributed by atoms with E-state index in [1.165, 1.54) is 12.1 Å². The van der Waals surface area contributed by atoms with E-state index in [1.54, 1.807) is 48.5 Å². The molecule has 1 heterocycles. The first kappa shape index (κ1) is 23.6. The zero-order valence-corrected chi connectivity index (χ0v) is 19.9. The zero-order chi connectivity index (χ0) is 23.5. The van der Waals surface area contributed by atoms with E-state index in [-0.39, 0.29) is 23.1 Å². The average molecular weight is 523 g/mol. The van der Waals surface area contributed by atoms with Crippen LogP contribution >= 0.6 is 46.6 Å². The van der Waals surface area contributed by atoms with Gasteiger partial charge in [-0.2, -0.15) is 0 Å². The molecule has 0 spiro atoms. The number of rotatable bonds is 6. The molecule has 1 aliphatic heterocycles. The summed E-state index contributed by atoms with van der Waals surface area (Å²) >= 11 is 19.0. The summed E-state index contributed by atoms with van der Waals surface area (Å²) in [6.45, 7) is 0.153. The van der Waals surface area contributed by atoms with E-state index in [1.807, 2.05) is 0 Å². The summed E-state index contributed by atoms with van der Waals surface area (Å²) in [5.41, 5.74) is 1.87. The summed E-state index contributed by atoms with van der Waals surface area (Å²) in [4.78, 5) is 26.7. The number of hydrogen-bond donors (Lipinski definition) is 0. The Morgan fingerprint density at radius 3 is 2.42 bits per heavy atom. The van der Waals surface area contributed by atoms with Gasteiger partial charge in [-0.25, -0.2) is 4.39 Å². The fraction of sp³-hybridized carbons (Fsp3) is 0.0833. The summed E-state index contributed by atoms with van der Waals surface area (Å²) in [7, 11) is 0. The standard InChI is InChI=1S/C24H15Cl3FNO3S/c25-17-7-5-16(19(26)10-17)13-32-21-4-2-1-3-14(21)9-22-23(30)29(24(31)33-22)12-15-6-8-18(28)11-20(15)27/h1-11H,12-13H2/b22-9+. The second kappa shape index (κ2) is 10.2. The van der Waals surface area contributed by atoms with Crippen molar-refractivity contribution in [1.29, 1.82) is 0 Å². The Morgan fingerprint density at radius 2 is 1.67 bits per heavy atom. The van der Waals surface area contributed by atoms with Gasteiger partial charge in [-0.3, -0.25) is 14.5 Å². The number of nitrogens with zero attached hydrogens (tertiary/aromatic N) is 1. The predicted molar refractivity (Wildman–Crippen MR) is 130 cm³/mol. The molecule has 2 amide bonds. The fourth-order valence-corrected chi connectivity index (χ4v) is 4.64. The van der Waals surface area contributed by atoms with Gasteiger partial charge >= 0.3 is 0 Å². The molecule has 1 saturated heterocycles. The Bertz CT molecular complexity index is 1280. The van der Waals surface area contributed by atoms with Gasteiger partial charge in [-0.15, -0.1) is 0 Å². The van der Waals surface area contributed by atoms with Crippen molar-refractivity contribution in [2.45, 2.75) is 13.2 Å². The van der Waals surface area contributed by atoms with Crippen LogP contribution in [0, 0.1) is 5.82 Å². The molecule has 4 rings (SSSR count). The number of benzene rings is 3. The number of imide groups is 1. The minimum atomic E-state index is -0.491. The van der Waals surface area contributed by atoms with E-state index >= 15 is 0 Å². The number of para-hydroxylation sites is 1. The highest BCUT2D eigenvalue weighted by atomic mass is 35.5. The number of carbonyl (C=O) groups excluding carboxylic acids is 2. The normalized spacial score (nSPS) is 14.9. The summed E-state index contributed by atoms with van der Waals surface area (Å²) in [6.07, 6.45) is 1.61. The third-order valence-electron chi connectivity index (χ3n) is 4.82. The van der Waals surface area contributed by atoms with Crippen LogP contribution in [0.1, 0.15) is 16.7 Å². The molecule has 33 heavy (non-hydrogen) atoms. The number of ether oxygens (including phenoxy) is 1. The Morgan fingerprint density at radius 1 is 0.939 bits per heavy atom. The lowest BCUT2D eigenvalue weighted by molar-refractivity contribution is -0.123. The summed E-state index contributed by atoms with van der Waals surface area (Å²) in [5.74, 6) is -0.424. The molecule has 3 aromatic carbocycles. The van der Waals surface area contributed by atoms with Gasteiger partial charge in [0.05, 0.1) is 11.4 Å². The highest BCUT2D eigenvalue weighted by molar-refractivity contribution is 8.18. The minimum absolute atomic E-state index is 0.0473. The van der Waals surface area contributed by atoms with Crippen LogP contribution in [0.5, 0.6) is 5.75 Å². The van der Waals surface area contributed by atoms with Crippen LogP contribution in [0.25, 0.3) is 6.08 Å². The first-order valence-electron chi connectivity index (χ1n) is 9.67. The van der Waals surface area contributed by atoms with Crippen LogP contribution in [-0.2, 0) is 17.9 Å². The highest BCUT2D eigenvalue weighted by Crippen LogP contribution is 2.36. The van der Waals surface area contributed by atoms with Crippen molar-refractivity contribution in [2.75, 3.05) is 0 Å². The SMILES string of the molecule is O=C1S/C(=C/c2ccccc2OCc2ccc(Cl)cc2Cl)C(=O)N1Cc1ccc(F)cc1Cl. The maximum Gasteiger partial charge on any atom is 0.293 e. The number of amides is 2. The smallest absolute Gasteiger partial charge is 0.293 e. The Hall–Kier alpha value is -2.51. The second-order valence-electron chi connectivity index (χ2n) is 7.07. The van der Waals surface area contributed by atoms with Crippen molar-refractivity contribution in [3.63, 3.8) is 0 Å². The molecule has 0 N–H and O–H groups in total. The van der Waals surface area contributed by atoms with Crippen LogP contribution in [0.4, 0.5) is 9.18 Å². The van der Waals surface area contributed by atoms with E-state index in [9.17, 15) is 14.0 Å². The van der Waals surface area contributed by atoms with Crippen LogP contribution in [0.3, 0.4) is 0 Å². The van der Waals surface area contributed by atoms with Crippen LogP contribution in [0.15, 0.2) is 65.6 Å². The third kappa shape index (κ3) is 5.53. The molecule has 0 aliphatic carbocycles. The number of halogens is 4. The lowest BCUT2D eigenvalue weighted by atomic mass is 10.1. The van der Waals surface area contributed by atoms with Gasteiger partial charge in [0.2, 0.25) is 0 Å². The van der Waals surface area contributed by atoms with Crippen LogP contribution in [0.2, 0.25) is 15.1 Å². The van der Waals surface area contributed by atoms with E-state index in [0.717, 1.165) is 28.3 Å². The molecular formula is C24H15Cl3FNO3S. The molecule has 0 unspecified atom stereocenters. The summed E-state index contributed by atoms with van der Waals surface area (Å²) in [6, 6.07) is 16.1. The van der Waals surface area contributed by atoms with E-state index in [0.29, 0.717) is 26.9 Å². The third-order valence-corrected chi connectivity index (χ3v) is 6.67. The second-order valence-corrected chi connectivity index (χ2v) is 9.31.